The van der Waals surface area contributed by atoms with Crippen molar-refractivity contribution in [1.82, 2.24) is 24.7 Å². The van der Waals surface area contributed by atoms with Crippen LogP contribution in [0.15, 0.2) is 35.1 Å². The van der Waals surface area contributed by atoms with Crippen LogP contribution in [0.25, 0.3) is 0 Å². The smallest absolute Gasteiger partial charge is 0.231 e. The Balaban J connectivity index is 1.28. The van der Waals surface area contributed by atoms with Gasteiger partial charge >= 0.3 is 0 Å². The minimum atomic E-state index is -0.510. The number of aromatic nitrogens is 2. The average Bonchev–Trinajstić information content (AvgIpc) is 3.21. The molecule has 0 unspecified atom stereocenters. The summed E-state index contributed by atoms with van der Waals surface area (Å²) in [4.78, 5) is 32.2. The fourth-order valence-corrected chi connectivity index (χ4v) is 6.32. The Bertz CT molecular complexity index is 1080. The first-order chi connectivity index (χ1) is 17.8. The molecule has 0 spiro atoms. The second-order valence-electron chi connectivity index (χ2n) is 11.0. The fraction of sp³-hybridized carbons (Fsp3) is 0.607. The highest BCUT2D eigenvalue weighted by Crippen LogP contribution is 2.42. The number of benzene rings is 1. The molecule has 1 N–H and O–H groups in total. The molecule has 0 radical (unpaired) electrons. The second-order valence-corrected chi connectivity index (χ2v) is 11.9. The third-order valence-corrected chi connectivity index (χ3v) is 8.85. The number of halogens is 1. The van der Waals surface area contributed by atoms with E-state index < -0.39 is 6.10 Å². The molecular formula is C28H39BrN6O2. The van der Waals surface area contributed by atoms with E-state index in [1.54, 1.807) is 6.33 Å². The lowest BCUT2D eigenvalue weighted by atomic mass is 9.96. The van der Waals surface area contributed by atoms with E-state index in [0.717, 1.165) is 72.9 Å². The quantitative estimate of drug-likeness (QED) is 0.571. The summed E-state index contributed by atoms with van der Waals surface area (Å²) in [5.74, 6) is 1.20. The van der Waals surface area contributed by atoms with E-state index in [1.165, 1.54) is 0 Å². The summed E-state index contributed by atoms with van der Waals surface area (Å²) >= 11 is 3.54. The third-order valence-electron chi connectivity index (χ3n) is 8.32. The van der Waals surface area contributed by atoms with Gasteiger partial charge in [-0.1, -0.05) is 35.0 Å². The van der Waals surface area contributed by atoms with Crippen LogP contribution in [0.1, 0.15) is 62.0 Å². The lowest BCUT2D eigenvalue weighted by Gasteiger charge is -2.40. The first kappa shape index (κ1) is 26.5. The topological polar surface area (TPSA) is 76.0 Å². The highest BCUT2D eigenvalue weighted by molar-refractivity contribution is 9.10. The van der Waals surface area contributed by atoms with E-state index in [9.17, 15) is 9.90 Å². The fourth-order valence-electron chi connectivity index (χ4n) is 6.05. The van der Waals surface area contributed by atoms with Crippen LogP contribution in [-0.4, -0.2) is 101 Å². The summed E-state index contributed by atoms with van der Waals surface area (Å²) in [6.07, 6.45) is 1.75. The van der Waals surface area contributed by atoms with Gasteiger partial charge in [-0.3, -0.25) is 14.6 Å². The van der Waals surface area contributed by atoms with Crippen molar-refractivity contribution >= 4 is 27.7 Å². The molecule has 200 valence electrons. The van der Waals surface area contributed by atoms with Crippen molar-refractivity contribution < 1.29 is 9.90 Å². The molecule has 2 aliphatic heterocycles. The maximum absolute atomic E-state index is 14.0. The SMILES string of the molecule is CC(C)N1CCN(C[C@@H](C(=O)N2CCN(c3ncnc4c3[C@H](C)C[C@H]4O)CC2)c2ccc(Br)cc2)CC1. The van der Waals surface area contributed by atoms with Crippen LogP contribution in [0, 0.1) is 0 Å². The van der Waals surface area contributed by atoms with Crippen molar-refractivity contribution in [1.29, 1.82) is 0 Å². The molecule has 3 heterocycles. The number of aliphatic hydroxyl groups is 1. The van der Waals surface area contributed by atoms with E-state index >= 15 is 0 Å². The lowest BCUT2D eigenvalue weighted by Crippen LogP contribution is -2.53. The number of rotatable bonds is 6. The van der Waals surface area contributed by atoms with Crippen LogP contribution in [0.5, 0.6) is 0 Å². The Morgan fingerprint density at radius 3 is 2.35 bits per heavy atom. The van der Waals surface area contributed by atoms with E-state index in [-0.39, 0.29) is 17.7 Å². The molecule has 2 aromatic rings. The van der Waals surface area contributed by atoms with Gasteiger partial charge in [0.25, 0.3) is 0 Å². The van der Waals surface area contributed by atoms with Gasteiger partial charge in [0.15, 0.2) is 0 Å². The van der Waals surface area contributed by atoms with E-state index in [2.05, 4.69) is 73.5 Å². The van der Waals surface area contributed by atoms with Crippen LogP contribution >= 0.6 is 15.9 Å². The van der Waals surface area contributed by atoms with Gasteiger partial charge < -0.3 is 14.9 Å². The molecule has 9 heteroatoms. The molecule has 37 heavy (non-hydrogen) atoms. The summed E-state index contributed by atoms with van der Waals surface area (Å²) in [5.41, 5.74) is 2.92. The molecule has 1 aromatic carbocycles. The minimum absolute atomic E-state index is 0.177. The zero-order chi connectivity index (χ0) is 26.1. The van der Waals surface area contributed by atoms with Crippen molar-refractivity contribution in [2.75, 3.05) is 63.8 Å². The predicted octanol–water partition coefficient (Wildman–Crippen LogP) is 3.24. The van der Waals surface area contributed by atoms with Gasteiger partial charge in [0.2, 0.25) is 5.91 Å². The molecule has 1 aromatic heterocycles. The third kappa shape index (κ3) is 5.70. The average molecular weight is 572 g/mol. The van der Waals surface area contributed by atoms with Crippen molar-refractivity contribution in [2.24, 2.45) is 0 Å². The number of piperazine rings is 2. The van der Waals surface area contributed by atoms with E-state index in [0.29, 0.717) is 25.6 Å². The molecule has 2 fully saturated rings. The first-order valence-corrected chi connectivity index (χ1v) is 14.4. The van der Waals surface area contributed by atoms with Crippen LogP contribution < -0.4 is 4.90 Å². The molecule has 8 nitrogen and oxygen atoms in total. The number of carbonyl (C=O) groups is 1. The number of fused-ring (bicyclic) bond motifs is 1. The number of anilines is 1. The maximum Gasteiger partial charge on any atom is 0.231 e. The van der Waals surface area contributed by atoms with Gasteiger partial charge in [0, 0.05) is 75.0 Å². The zero-order valence-electron chi connectivity index (χ0n) is 22.2. The van der Waals surface area contributed by atoms with Gasteiger partial charge in [0.05, 0.1) is 17.7 Å². The first-order valence-electron chi connectivity index (χ1n) is 13.6. The number of nitrogens with zero attached hydrogens (tertiary/aromatic N) is 6. The van der Waals surface area contributed by atoms with Crippen molar-refractivity contribution in [3.8, 4) is 0 Å². The number of hydrogen-bond donors (Lipinski definition) is 1. The van der Waals surface area contributed by atoms with Crippen LogP contribution in [0.2, 0.25) is 0 Å². The molecule has 0 saturated carbocycles. The summed E-state index contributed by atoms with van der Waals surface area (Å²) in [7, 11) is 0. The summed E-state index contributed by atoms with van der Waals surface area (Å²) in [6.45, 7) is 14.3. The summed E-state index contributed by atoms with van der Waals surface area (Å²) in [6, 6.07) is 8.81. The van der Waals surface area contributed by atoms with Gasteiger partial charge in [0.1, 0.15) is 12.1 Å². The molecule has 5 rings (SSSR count). The van der Waals surface area contributed by atoms with E-state index in [4.69, 9.17) is 0 Å². The molecular weight excluding hydrogens is 532 g/mol. The Morgan fingerprint density at radius 2 is 1.70 bits per heavy atom. The van der Waals surface area contributed by atoms with Crippen LogP contribution in [0.3, 0.4) is 0 Å². The summed E-state index contributed by atoms with van der Waals surface area (Å²) < 4.78 is 1.03. The largest absolute Gasteiger partial charge is 0.387 e. The standard InChI is InChI=1S/C28H39BrN6O2/c1-19(2)33-10-8-32(9-11-33)17-23(21-4-6-22(29)7-5-21)28(37)35-14-12-34(13-15-35)27-25-20(3)16-24(36)26(25)30-18-31-27/h4-7,18-20,23-24,36H,8-17H2,1-3H3/t20-,23-,24-/m1/s1. The van der Waals surface area contributed by atoms with Crippen LogP contribution in [0.4, 0.5) is 5.82 Å². The zero-order valence-corrected chi connectivity index (χ0v) is 23.8. The van der Waals surface area contributed by atoms with Crippen molar-refractivity contribution in [3.63, 3.8) is 0 Å². The number of amides is 1. The Labute approximate surface area is 228 Å². The van der Waals surface area contributed by atoms with Gasteiger partial charge in [-0.05, 0) is 43.9 Å². The molecule has 0 bridgehead atoms. The van der Waals surface area contributed by atoms with Gasteiger partial charge in [-0.2, -0.15) is 0 Å². The summed E-state index contributed by atoms with van der Waals surface area (Å²) in [5, 5.41) is 10.4. The van der Waals surface area contributed by atoms with Gasteiger partial charge in [-0.25, -0.2) is 9.97 Å². The number of aliphatic hydroxyl groups excluding tert-OH is 1. The molecule has 3 atom stereocenters. The Morgan fingerprint density at radius 1 is 1.03 bits per heavy atom. The van der Waals surface area contributed by atoms with Crippen LogP contribution in [-0.2, 0) is 4.79 Å². The molecule has 1 aliphatic carbocycles. The van der Waals surface area contributed by atoms with Crippen molar-refractivity contribution in [3.05, 3.63) is 51.9 Å². The molecule has 3 aliphatic rings. The lowest BCUT2D eigenvalue weighted by molar-refractivity contribution is -0.133. The normalized spacial score (nSPS) is 23.9. The maximum atomic E-state index is 14.0. The number of carbonyl (C=O) groups excluding carboxylic acids is 1. The Kier molecular flexibility index (Phi) is 8.14. The molecule has 2 saturated heterocycles. The van der Waals surface area contributed by atoms with E-state index in [1.807, 2.05) is 17.0 Å². The minimum Gasteiger partial charge on any atom is -0.387 e. The predicted molar refractivity (Wildman–Crippen MR) is 149 cm³/mol. The second kappa shape index (κ2) is 11.4. The number of hydrogen-bond acceptors (Lipinski definition) is 7. The highest BCUT2D eigenvalue weighted by Gasteiger charge is 2.35. The highest BCUT2D eigenvalue weighted by atomic mass is 79.9. The molecule has 1 amide bonds. The Hall–Kier alpha value is -2.07. The monoisotopic (exact) mass is 570 g/mol. The van der Waals surface area contributed by atoms with Crippen molar-refractivity contribution in [2.45, 2.75) is 51.2 Å². The van der Waals surface area contributed by atoms with Gasteiger partial charge in [-0.15, -0.1) is 0 Å².